The van der Waals surface area contributed by atoms with Crippen LogP contribution < -0.4 is 0 Å². The number of H-pyrrole nitrogens is 1. The molecule has 1 aliphatic rings. The first kappa shape index (κ1) is 12.4. The molecule has 0 radical (unpaired) electrons. The summed E-state index contributed by atoms with van der Waals surface area (Å²) in [5.41, 5.74) is 1.85. The fourth-order valence-electron chi connectivity index (χ4n) is 2.53. The number of nitrogens with one attached hydrogen (secondary N) is 1. The third-order valence-corrected chi connectivity index (χ3v) is 3.53. The van der Waals surface area contributed by atoms with Crippen LogP contribution in [0.1, 0.15) is 40.5 Å². The van der Waals surface area contributed by atoms with Crippen molar-refractivity contribution < 1.29 is 4.79 Å². The van der Waals surface area contributed by atoms with Crippen molar-refractivity contribution in [1.82, 2.24) is 20.1 Å². The van der Waals surface area contributed by atoms with Crippen LogP contribution in [0.25, 0.3) is 0 Å². The van der Waals surface area contributed by atoms with E-state index in [9.17, 15) is 4.79 Å². The molecular weight excluding hydrogens is 254 g/mol. The lowest BCUT2D eigenvalue weighted by molar-refractivity contribution is 0.0729. The maximum Gasteiger partial charge on any atom is 0.272 e. The minimum atomic E-state index is -0.0989. The number of likely N-dealkylation sites (tertiary alicyclic amines) is 1. The fourth-order valence-corrected chi connectivity index (χ4v) is 2.53. The number of nitriles is 1. The van der Waals surface area contributed by atoms with Crippen molar-refractivity contribution in [3.8, 4) is 6.07 Å². The quantitative estimate of drug-likeness (QED) is 0.896. The van der Waals surface area contributed by atoms with Crippen LogP contribution in [0.3, 0.4) is 0 Å². The van der Waals surface area contributed by atoms with Gasteiger partial charge in [-0.2, -0.15) is 10.4 Å². The Labute approximate surface area is 116 Å². The Morgan fingerprint density at radius 2 is 2.35 bits per heavy atom. The Morgan fingerprint density at radius 1 is 1.45 bits per heavy atom. The molecule has 6 heteroatoms. The maximum absolute atomic E-state index is 12.5. The van der Waals surface area contributed by atoms with Gasteiger partial charge >= 0.3 is 0 Å². The van der Waals surface area contributed by atoms with Crippen LogP contribution in [0.15, 0.2) is 30.7 Å². The topological polar surface area (TPSA) is 85.7 Å². The Kier molecular flexibility index (Phi) is 3.17. The van der Waals surface area contributed by atoms with Gasteiger partial charge in [-0.15, -0.1) is 0 Å². The van der Waals surface area contributed by atoms with Gasteiger partial charge in [0.2, 0.25) is 0 Å². The third kappa shape index (κ3) is 2.14. The van der Waals surface area contributed by atoms with Crippen LogP contribution in [0.5, 0.6) is 0 Å². The summed E-state index contributed by atoms with van der Waals surface area (Å²) in [6.45, 7) is 0.719. The van der Waals surface area contributed by atoms with E-state index in [0.717, 1.165) is 24.9 Å². The van der Waals surface area contributed by atoms with Gasteiger partial charge in [0.1, 0.15) is 11.8 Å². The third-order valence-electron chi connectivity index (χ3n) is 3.53. The molecule has 1 amide bonds. The number of nitrogens with zero attached hydrogens (tertiary/aromatic N) is 4. The van der Waals surface area contributed by atoms with E-state index in [1.54, 1.807) is 18.3 Å². The molecule has 0 spiro atoms. The molecular formula is C14H13N5O. The summed E-state index contributed by atoms with van der Waals surface area (Å²) < 4.78 is 0. The molecule has 6 nitrogen and oxygen atoms in total. The van der Waals surface area contributed by atoms with Crippen LogP contribution in [0.4, 0.5) is 0 Å². The number of hydrogen-bond donors (Lipinski definition) is 1. The van der Waals surface area contributed by atoms with Crippen molar-refractivity contribution in [2.75, 3.05) is 6.54 Å². The number of pyridine rings is 1. The summed E-state index contributed by atoms with van der Waals surface area (Å²) in [7, 11) is 0. The largest absolute Gasteiger partial charge is 0.330 e. The average Bonchev–Trinajstić information content (AvgIpc) is 3.16. The number of carbonyl (C=O) groups excluding carboxylic acids is 1. The number of amides is 1. The zero-order chi connectivity index (χ0) is 13.9. The molecule has 1 fully saturated rings. The number of aromatic nitrogens is 3. The maximum atomic E-state index is 12.5. The summed E-state index contributed by atoms with van der Waals surface area (Å²) in [5.74, 6) is -0.0989. The number of hydrogen-bond acceptors (Lipinski definition) is 4. The second-order valence-corrected chi connectivity index (χ2v) is 4.73. The summed E-state index contributed by atoms with van der Waals surface area (Å²) in [6.07, 6.45) is 6.90. The van der Waals surface area contributed by atoms with Gasteiger partial charge in [0.15, 0.2) is 0 Å². The molecule has 1 atom stereocenters. The van der Waals surface area contributed by atoms with Gasteiger partial charge in [-0.25, -0.2) is 4.98 Å². The van der Waals surface area contributed by atoms with Crippen LogP contribution in [0, 0.1) is 11.3 Å². The fraction of sp³-hybridized carbons (Fsp3) is 0.286. The van der Waals surface area contributed by atoms with E-state index in [2.05, 4.69) is 15.2 Å². The van der Waals surface area contributed by atoms with Gasteiger partial charge in [0, 0.05) is 24.5 Å². The van der Waals surface area contributed by atoms with Crippen molar-refractivity contribution in [3.05, 3.63) is 47.5 Å². The molecule has 1 saturated heterocycles. The predicted octanol–water partition coefficient (Wildman–Crippen LogP) is 1.65. The number of aromatic amines is 1. The first-order chi connectivity index (χ1) is 9.79. The second-order valence-electron chi connectivity index (χ2n) is 4.73. The molecule has 1 unspecified atom stereocenters. The smallest absolute Gasteiger partial charge is 0.272 e. The highest BCUT2D eigenvalue weighted by Crippen LogP contribution is 2.32. The highest BCUT2D eigenvalue weighted by molar-refractivity contribution is 5.92. The van der Waals surface area contributed by atoms with Gasteiger partial charge < -0.3 is 4.90 Å². The summed E-state index contributed by atoms with van der Waals surface area (Å²) in [6, 6.07) is 5.27. The number of rotatable bonds is 2. The van der Waals surface area contributed by atoms with Crippen molar-refractivity contribution in [2.45, 2.75) is 18.9 Å². The monoisotopic (exact) mass is 267 g/mol. The number of carbonyl (C=O) groups is 1. The average molecular weight is 267 g/mol. The van der Waals surface area contributed by atoms with Gasteiger partial charge in [0.25, 0.3) is 5.91 Å². The molecule has 0 bridgehead atoms. The first-order valence-electron chi connectivity index (χ1n) is 6.45. The van der Waals surface area contributed by atoms with E-state index < -0.39 is 0 Å². The SMILES string of the molecule is N#Cc1ccc(C(=O)N2CCCC2c2cn[nH]c2)nc1. The molecule has 0 aliphatic carbocycles. The van der Waals surface area contributed by atoms with E-state index in [1.165, 1.54) is 6.20 Å². The van der Waals surface area contributed by atoms with Gasteiger partial charge in [-0.3, -0.25) is 9.89 Å². The summed E-state index contributed by atoms with van der Waals surface area (Å²) >= 11 is 0. The van der Waals surface area contributed by atoms with E-state index >= 15 is 0 Å². The second kappa shape index (κ2) is 5.13. The van der Waals surface area contributed by atoms with Crippen LogP contribution in [-0.2, 0) is 0 Å². The molecule has 100 valence electrons. The minimum absolute atomic E-state index is 0.0543. The molecule has 0 saturated carbocycles. The van der Waals surface area contributed by atoms with Gasteiger partial charge in [-0.05, 0) is 25.0 Å². The van der Waals surface area contributed by atoms with Crippen LogP contribution in [0.2, 0.25) is 0 Å². The van der Waals surface area contributed by atoms with Crippen molar-refractivity contribution in [3.63, 3.8) is 0 Å². The molecule has 1 aliphatic heterocycles. The summed E-state index contributed by atoms with van der Waals surface area (Å²) in [5, 5.41) is 15.5. The molecule has 20 heavy (non-hydrogen) atoms. The Bertz CT molecular complexity index is 641. The van der Waals surface area contributed by atoms with Crippen LogP contribution >= 0.6 is 0 Å². The lowest BCUT2D eigenvalue weighted by Gasteiger charge is -2.23. The van der Waals surface area contributed by atoms with Crippen molar-refractivity contribution >= 4 is 5.91 Å². The zero-order valence-corrected chi connectivity index (χ0v) is 10.8. The van der Waals surface area contributed by atoms with E-state index in [4.69, 9.17) is 5.26 Å². The summed E-state index contributed by atoms with van der Waals surface area (Å²) in [4.78, 5) is 18.4. The highest BCUT2D eigenvalue weighted by Gasteiger charge is 2.31. The molecule has 2 aromatic heterocycles. The van der Waals surface area contributed by atoms with E-state index in [1.807, 2.05) is 17.2 Å². The molecule has 0 aromatic carbocycles. The lowest BCUT2D eigenvalue weighted by atomic mass is 10.1. The van der Waals surface area contributed by atoms with Crippen molar-refractivity contribution in [1.29, 1.82) is 5.26 Å². The molecule has 1 N–H and O–H groups in total. The standard InChI is InChI=1S/C14H13N5O/c15-6-10-3-4-12(16-7-10)14(20)19-5-1-2-13(19)11-8-17-18-9-11/h3-4,7-9,13H,1-2,5H2,(H,17,18). The molecule has 3 rings (SSSR count). The molecule has 2 aromatic rings. The predicted molar refractivity (Wildman–Crippen MR) is 70.6 cm³/mol. The van der Waals surface area contributed by atoms with Crippen LogP contribution in [-0.4, -0.2) is 32.5 Å². The molecule has 3 heterocycles. The Hall–Kier alpha value is -2.68. The minimum Gasteiger partial charge on any atom is -0.330 e. The highest BCUT2D eigenvalue weighted by atomic mass is 16.2. The van der Waals surface area contributed by atoms with Gasteiger partial charge in [-0.1, -0.05) is 0 Å². The van der Waals surface area contributed by atoms with E-state index in [-0.39, 0.29) is 11.9 Å². The Morgan fingerprint density at radius 3 is 3.00 bits per heavy atom. The van der Waals surface area contributed by atoms with E-state index in [0.29, 0.717) is 11.3 Å². The lowest BCUT2D eigenvalue weighted by Crippen LogP contribution is -2.31. The first-order valence-corrected chi connectivity index (χ1v) is 6.45. The van der Waals surface area contributed by atoms with Crippen molar-refractivity contribution in [2.24, 2.45) is 0 Å². The zero-order valence-electron chi connectivity index (χ0n) is 10.8. The van der Waals surface area contributed by atoms with Gasteiger partial charge in [0.05, 0.1) is 17.8 Å². The Balaban J connectivity index is 1.84. The normalized spacial score (nSPS) is 17.9.